The minimum atomic E-state index is 0.0979. The average Bonchev–Trinajstić information content (AvgIpc) is 3.49. The summed E-state index contributed by atoms with van der Waals surface area (Å²) in [5, 5.41) is 14.3. The van der Waals surface area contributed by atoms with E-state index in [4.69, 9.17) is 14.7 Å². The molecule has 5 nitrogen and oxygen atoms in total. The van der Waals surface area contributed by atoms with E-state index in [2.05, 4.69) is 59.2 Å². The van der Waals surface area contributed by atoms with Crippen LogP contribution in [0.5, 0.6) is 17.4 Å². The number of phenolic OH excluding ortho intramolecular Hbond substituents is 1. The van der Waals surface area contributed by atoms with Crippen LogP contribution in [0.2, 0.25) is 0 Å². The van der Waals surface area contributed by atoms with E-state index in [9.17, 15) is 5.11 Å². The first-order valence-corrected chi connectivity index (χ1v) is 16.2. The molecule has 0 aliphatic heterocycles. The molecule has 0 bridgehead atoms. The molecule has 0 fully saturated rings. The topological polar surface area (TPSA) is 60.2 Å². The van der Waals surface area contributed by atoms with Gasteiger partial charge in [0.15, 0.2) is 0 Å². The molecular weight excluding hydrogens is 603 g/mol. The smallest absolute Gasteiger partial charge is 0.227 e. The highest BCUT2D eigenvalue weighted by molar-refractivity contribution is 6.09. The van der Waals surface area contributed by atoms with Gasteiger partial charge in [-0.2, -0.15) is 0 Å². The zero-order valence-corrected chi connectivity index (χ0v) is 26.4. The van der Waals surface area contributed by atoms with Crippen LogP contribution in [0.4, 0.5) is 0 Å². The molecule has 0 amide bonds. The summed E-state index contributed by atoms with van der Waals surface area (Å²) in [6.45, 7) is 0. The molecule has 0 saturated carbocycles. The molecule has 0 unspecified atom stereocenters. The van der Waals surface area contributed by atoms with Gasteiger partial charge in [-0.3, -0.25) is 4.57 Å². The van der Waals surface area contributed by atoms with Crippen LogP contribution in [0, 0.1) is 0 Å². The van der Waals surface area contributed by atoms with Gasteiger partial charge in [-0.1, -0.05) is 109 Å². The van der Waals surface area contributed by atoms with Crippen molar-refractivity contribution < 1.29 is 9.84 Å². The summed E-state index contributed by atoms with van der Waals surface area (Å²) >= 11 is 0. The van der Waals surface area contributed by atoms with Gasteiger partial charge in [-0.15, -0.1) is 0 Å². The zero-order chi connectivity index (χ0) is 32.7. The lowest BCUT2D eigenvalue weighted by molar-refractivity contribution is 0.462. The highest BCUT2D eigenvalue weighted by atomic mass is 16.5. The third kappa shape index (κ3) is 5.14. The number of aromatic hydroxyl groups is 1. The Hall–Kier alpha value is -6.72. The van der Waals surface area contributed by atoms with E-state index in [0.29, 0.717) is 17.1 Å². The lowest BCUT2D eigenvalue weighted by Crippen LogP contribution is -1.98. The lowest BCUT2D eigenvalue weighted by atomic mass is 10.00. The van der Waals surface area contributed by atoms with Crippen LogP contribution in [0.3, 0.4) is 0 Å². The van der Waals surface area contributed by atoms with Crippen molar-refractivity contribution in [2.24, 2.45) is 0 Å². The van der Waals surface area contributed by atoms with Crippen LogP contribution >= 0.6 is 0 Å². The molecule has 49 heavy (non-hydrogen) atoms. The van der Waals surface area contributed by atoms with Crippen LogP contribution in [-0.4, -0.2) is 19.6 Å². The van der Waals surface area contributed by atoms with E-state index in [1.807, 2.05) is 109 Å². The van der Waals surface area contributed by atoms with E-state index in [1.54, 1.807) is 6.07 Å². The van der Waals surface area contributed by atoms with Crippen LogP contribution < -0.4 is 4.74 Å². The van der Waals surface area contributed by atoms with Gasteiger partial charge in [-0.25, -0.2) is 9.97 Å². The minimum Gasteiger partial charge on any atom is -0.506 e. The second kappa shape index (κ2) is 11.8. The van der Waals surface area contributed by atoms with Crippen molar-refractivity contribution in [3.8, 4) is 56.6 Å². The number of pyridine rings is 2. The Balaban J connectivity index is 1.20. The van der Waals surface area contributed by atoms with Gasteiger partial charge >= 0.3 is 0 Å². The van der Waals surface area contributed by atoms with Crippen LogP contribution in [0.1, 0.15) is 0 Å². The molecule has 0 aliphatic rings. The van der Waals surface area contributed by atoms with Crippen molar-refractivity contribution in [3.63, 3.8) is 0 Å². The van der Waals surface area contributed by atoms with Crippen molar-refractivity contribution >= 4 is 32.7 Å². The van der Waals surface area contributed by atoms with Gasteiger partial charge < -0.3 is 9.84 Å². The number of rotatable bonds is 6. The summed E-state index contributed by atoms with van der Waals surface area (Å²) in [4.78, 5) is 9.77. The number of phenols is 1. The molecule has 9 aromatic rings. The predicted octanol–water partition coefficient (Wildman–Crippen LogP) is 11.2. The molecule has 0 radical (unpaired) electrons. The highest BCUT2D eigenvalue weighted by Gasteiger charge is 2.18. The molecule has 232 valence electrons. The SMILES string of the molecule is Oc1cc(-c2ccccc2)cc2cc(-c3ccccc3)c(Oc3ccc4c5ccccc5n(-c5cc(-c6ccccc6)ccn5)c4c3)nc12. The number of fused-ring (bicyclic) bond motifs is 4. The van der Waals surface area contributed by atoms with Gasteiger partial charge in [0.05, 0.1) is 11.0 Å². The molecule has 0 saturated heterocycles. The average molecular weight is 632 g/mol. The van der Waals surface area contributed by atoms with E-state index in [1.165, 1.54) is 0 Å². The largest absolute Gasteiger partial charge is 0.506 e. The Labute approximate surface area is 283 Å². The first-order chi connectivity index (χ1) is 24.2. The first-order valence-electron chi connectivity index (χ1n) is 16.2. The Bertz CT molecular complexity index is 2630. The molecule has 0 spiro atoms. The van der Waals surface area contributed by atoms with Crippen molar-refractivity contribution in [1.29, 1.82) is 0 Å². The van der Waals surface area contributed by atoms with E-state index in [-0.39, 0.29) is 5.75 Å². The van der Waals surface area contributed by atoms with Gasteiger partial charge in [0.2, 0.25) is 5.88 Å². The minimum absolute atomic E-state index is 0.0979. The number of benzene rings is 6. The molecular formula is C44H29N3O2. The fraction of sp³-hybridized carbons (Fsp3) is 0. The van der Waals surface area contributed by atoms with Crippen molar-refractivity contribution in [2.45, 2.75) is 0 Å². The number of nitrogens with zero attached hydrogens (tertiary/aromatic N) is 3. The van der Waals surface area contributed by atoms with Gasteiger partial charge in [0.25, 0.3) is 0 Å². The standard InChI is InChI=1S/C44H29N3O2/c48-41-26-33(30-14-6-2-7-15-30)24-34-25-38(31-16-8-3-9-17-31)44(46-43(34)41)49-35-20-21-37-36-18-10-11-19-39(36)47(40(37)28-35)42-27-32(22-23-45-42)29-12-4-1-5-13-29/h1-28,48H. The zero-order valence-electron chi connectivity index (χ0n) is 26.4. The van der Waals surface area contributed by atoms with Crippen molar-refractivity contribution in [2.75, 3.05) is 0 Å². The normalized spacial score (nSPS) is 11.3. The number of ether oxygens (including phenoxy) is 1. The second-order valence-corrected chi connectivity index (χ2v) is 12.0. The Morgan fingerprint density at radius 3 is 1.92 bits per heavy atom. The van der Waals surface area contributed by atoms with Gasteiger partial charge in [-0.05, 0) is 76.3 Å². The summed E-state index contributed by atoms with van der Waals surface area (Å²) < 4.78 is 8.86. The van der Waals surface area contributed by atoms with E-state index < -0.39 is 0 Å². The second-order valence-electron chi connectivity index (χ2n) is 12.0. The summed E-state index contributed by atoms with van der Waals surface area (Å²) in [5.41, 5.74) is 8.46. The van der Waals surface area contributed by atoms with E-state index in [0.717, 1.165) is 66.4 Å². The van der Waals surface area contributed by atoms with E-state index >= 15 is 0 Å². The highest BCUT2D eigenvalue weighted by Crippen LogP contribution is 2.40. The molecule has 1 N–H and O–H groups in total. The molecule has 0 aliphatic carbocycles. The maximum Gasteiger partial charge on any atom is 0.227 e. The fourth-order valence-electron chi connectivity index (χ4n) is 6.67. The van der Waals surface area contributed by atoms with Crippen molar-refractivity contribution in [3.05, 3.63) is 170 Å². The summed E-state index contributed by atoms with van der Waals surface area (Å²) in [6.07, 6.45) is 1.86. The van der Waals surface area contributed by atoms with Crippen LogP contribution in [0.25, 0.3) is 71.9 Å². The predicted molar refractivity (Wildman–Crippen MR) is 198 cm³/mol. The number of para-hydroxylation sites is 1. The lowest BCUT2D eigenvalue weighted by Gasteiger charge is -2.14. The maximum atomic E-state index is 11.2. The van der Waals surface area contributed by atoms with Gasteiger partial charge in [0.1, 0.15) is 22.8 Å². The summed E-state index contributed by atoms with van der Waals surface area (Å²) in [7, 11) is 0. The molecule has 3 heterocycles. The molecule has 0 atom stereocenters. The summed E-state index contributed by atoms with van der Waals surface area (Å²) in [5.74, 6) is 1.95. The van der Waals surface area contributed by atoms with Gasteiger partial charge in [0, 0.05) is 34.0 Å². The first kappa shape index (κ1) is 28.5. The maximum absolute atomic E-state index is 11.2. The van der Waals surface area contributed by atoms with Crippen LogP contribution in [-0.2, 0) is 0 Å². The molecule has 5 heteroatoms. The molecule has 6 aromatic carbocycles. The quantitative estimate of drug-likeness (QED) is 0.198. The van der Waals surface area contributed by atoms with Crippen LogP contribution in [0.15, 0.2) is 170 Å². The number of hydrogen-bond donors (Lipinski definition) is 1. The fourth-order valence-corrected chi connectivity index (χ4v) is 6.67. The Morgan fingerprint density at radius 1 is 0.510 bits per heavy atom. The monoisotopic (exact) mass is 631 g/mol. The summed E-state index contributed by atoms with van der Waals surface area (Å²) in [6, 6.07) is 55.0. The molecule has 9 rings (SSSR count). The Kier molecular flexibility index (Phi) is 6.87. The third-order valence-electron chi connectivity index (χ3n) is 9.00. The Morgan fingerprint density at radius 2 is 1.16 bits per heavy atom. The third-order valence-corrected chi connectivity index (χ3v) is 9.00. The number of aromatic nitrogens is 3. The van der Waals surface area contributed by atoms with Crippen molar-refractivity contribution in [1.82, 2.24) is 14.5 Å². The molecule has 3 aromatic heterocycles. The number of hydrogen-bond acceptors (Lipinski definition) is 4.